The van der Waals surface area contributed by atoms with Gasteiger partial charge in [-0.2, -0.15) is 0 Å². The summed E-state index contributed by atoms with van der Waals surface area (Å²) < 4.78 is 1.03. The maximum Gasteiger partial charge on any atom is 0.305 e. The molecule has 5 nitrogen and oxygen atoms in total. The molecule has 3 aromatic carbocycles. The van der Waals surface area contributed by atoms with Gasteiger partial charge in [-0.1, -0.05) is 65.3 Å². The number of aliphatic carboxylic acids is 1. The Morgan fingerprint density at radius 2 is 1.76 bits per heavy atom. The minimum atomic E-state index is -0.935. The molecule has 33 heavy (non-hydrogen) atoms. The number of amides is 1. The van der Waals surface area contributed by atoms with Crippen molar-refractivity contribution in [2.24, 2.45) is 0 Å². The molecule has 0 aliphatic rings. The van der Waals surface area contributed by atoms with E-state index in [1.807, 2.05) is 24.3 Å². The quantitative estimate of drug-likeness (QED) is 0.272. The number of hydrogen-bond donors (Lipinski definition) is 3. The molecule has 0 spiro atoms. The molecule has 2 atom stereocenters. The smallest absolute Gasteiger partial charge is 0.305 e. The zero-order valence-corrected chi connectivity index (χ0v) is 19.8. The Hall–Kier alpha value is -3.38. The maximum atomic E-state index is 12.3. The molecule has 168 valence electrons. The number of aromatic nitrogens is 1. The number of fused-ring (bicyclic) bond motifs is 1. The van der Waals surface area contributed by atoms with Gasteiger partial charge in [-0.3, -0.25) is 9.59 Å². The van der Waals surface area contributed by atoms with Crippen LogP contribution in [0.15, 0.2) is 83.5 Å². The summed E-state index contributed by atoms with van der Waals surface area (Å²) in [7, 11) is 0. The van der Waals surface area contributed by atoms with Crippen LogP contribution in [0.3, 0.4) is 0 Å². The predicted molar refractivity (Wildman–Crippen MR) is 134 cm³/mol. The molecule has 4 rings (SSSR count). The fraction of sp³-hybridized carbons (Fsp3) is 0.185. The van der Waals surface area contributed by atoms with E-state index in [2.05, 4.69) is 75.7 Å². The van der Waals surface area contributed by atoms with Gasteiger partial charge in [0.15, 0.2) is 0 Å². The average Bonchev–Trinajstić information content (AvgIpc) is 3.23. The number of halogens is 1. The molecule has 0 saturated carbocycles. The normalized spacial score (nSPS) is 12.9. The Labute approximate surface area is 201 Å². The summed E-state index contributed by atoms with van der Waals surface area (Å²) >= 11 is 3.61. The van der Waals surface area contributed by atoms with E-state index >= 15 is 0 Å². The number of carbonyl (C=O) groups excluding carboxylic acids is 1. The first kappa shape index (κ1) is 22.8. The highest BCUT2D eigenvalue weighted by Gasteiger charge is 2.26. The van der Waals surface area contributed by atoms with Crippen LogP contribution in [0.4, 0.5) is 0 Å². The lowest BCUT2D eigenvalue weighted by atomic mass is 9.78. The number of para-hydroxylation sites is 1. The lowest BCUT2D eigenvalue weighted by Crippen LogP contribution is -2.26. The number of rotatable bonds is 8. The summed E-state index contributed by atoms with van der Waals surface area (Å²) in [4.78, 5) is 26.4. The first-order valence-corrected chi connectivity index (χ1v) is 11.6. The average molecular weight is 505 g/mol. The van der Waals surface area contributed by atoms with Crippen LogP contribution in [-0.2, 0) is 4.79 Å². The van der Waals surface area contributed by atoms with E-state index in [0.29, 0.717) is 5.56 Å². The Kier molecular flexibility index (Phi) is 6.94. The highest BCUT2D eigenvalue weighted by Crippen LogP contribution is 2.41. The molecule has 1 amide bonds. The molecular formula is C27H25BrN2O3. The maximum absolute atomic E-state index is 12.3. The van der Waals surface area contributed by atoms with Gasteiger partial charge < -0.3 is 15.4 Å². The fourth-order valence-corrected chi connectivity index (χ4v) is 4.72. The van der Waals surface area contributed by atoms with Crippen LogP contribution in [0.2, 0.25) is 0 Å². The molecule has 0 aliphatic heterocycles. The molecule has 0 aliphatic carbocycles. The number of nitrogens with one attached hydrogen (secondary N) is 2. The van der Waals surface area contributed by atoms with Crippen molar-refractivity contribution >= 4 is 38.7 Å². The highest BCUT2D eigenvalue weighted by atomic mass is 79.9. The van der Waals surface area contributed by atoms with E-state index in [-0.39, 0.29) is 30.7 Å². The van der Waals surface area contributed by atoms with Crippen LogP contribution >= 0.6 is 15.9 Å². The van der Waals surface area contributed by atoms with Crippen LogP contribution < -0.4 is 5.32 Å². The third-order valence-electron chi connectivity index (χ3n) is 5.99. The first-order valence-electron chi connectivity index (χ1n) is 10.9. The Morgan fingerprint density at radius 1 is 1.00 bits per heavy atom. The minimum Gasteiger partial charge on any atom is -0.481 e. The van der Waals surface area contributed by atoms with Gasteiger partial charge in [-0.25, -0.2) is 0 Å². The van der Waals surface area contributed by atoms with Gasteiger partial charge in [0, 0.05) is 39.6 Å². The van der Waals surface area contributed by atoms with Crippen molar-refractivity contribution in [2.45, 2.75) is 25.2 Å². The van der Waals surface area contributed by atoms with E-state index in [0.717, 1.165) is 15.6 Å². The highest BCUT2D eigenvalue weighted by molar-refractivity contribution is 9.10. The van der Waals surface area contributed by atoms with Crippen molar-refractivity contribution in [3.05, 3.63) is 106 Å². The number of carboxylic acid groups (broad SMARTS) is 1. The molecule has 0 fully saturated rings. The lowest BCUT2D eigenvalue weighted by molar-refractivity contribution is -0.136. The summed E-state index contributed by atoms with van der Waals surface area (Å²) in [6.07, 6.45) is 2.00. The second kappa shape index (κ2) is 10.0. The molecule has 0 bridgehead atoms. The fourth-order valence-electron chi connectivity index (χ4n) is 4.30. The molecule has 0 saturated heterocycles. The number of benzene rings is 3. The van der Waals surface area contributed by atoms with E-state index in [1.165, 1.54) is 16.5 Å². The zero-order valence-electron chi connectivity index (χ0n) is 18.2. The van der Waals surface area contributed by atoms with Crippen molar-refractivity contribution in [1.82, 2.24) is 10.3 Å². The van der Waals surface area contributed by atoms with Gasteiger partial charge in [0.1, 0.15) is 0 Å². The van der Waals surface area contributed by atoms with Crippen LogP contribution in [0.1, 0.15) is 52.2 Å². The molecule has 6 heteroatoms. The molecule has 1 heterocycles. The van der Waals surface area contributed by atoms with Gasteiger partial charge in [0.2, 0.25) is 0 Å². The number of aromatic amines is 1. The van der Waals surface area contributed by atoms with E-state index in [4.69, 9.17) is 5.11 Å². The zero-order chi connectivity index (χ0) is 23.4. The standard InChI is InChI=1S/C27H25BrN2O3/c1-17(18-9-11-19(12-10-18)27(33)29-14-13-25(31)32)26(20-5-4-6-21(28)15-20)23-16-30-24-8-3-2-7-22(23)24/h2-12,15-17,26,30H,13-14H2,1H3,(H,29,33)(H,31,32). The summed E-state index contributed by atoms with van der Waals surface area (Å²) in [5.74, 6) is -0.956. The second-order valence-corrected chi connectivity index (χ2v) is 9.05. The third-order valence-corrected chi connectivity index (χ3v) is 6.48. The summed E-state index contributed by atoms with van der Waals surface area (Å²) in [5.41, 5.74) is 5.17. The summed E-state index contributed by atoms with van der Waals surface area (Å²) in [6.45, 7) is 2.31. The van der Waals surface area contributed by atoms with Crippen molar-refractivity contribution in [1.29, 1.82) is 0 Å². The first-order chi connectivity index (χ1) is 15.9. The third kappa shape index (κ3) is 5.17. The topological polar surface area (TPSA) is 82.2 Å². The molecule has 4 aromatic rings. The largest absolute Gasteiger partial charge is 0.481 e. The molecule has 0 radical (unpaired) electrons. The lowest BCUT2D eigenvalue weighted by Gasteiger charge is -2.25. The van der Waals surface area contributed by atoms with Crippen LogP contribution in [0.25, 0.3) is 10.9 Å². The summed E-state index contributed by atoms with van der Waals surface area (Å²) in [6, 6.07) is 24.3. The molecular weight excluding hydrogens is 480 g/mol. The van der Waals surface area contributed by atoms with Crippen molar-refractivity contribution < 1.29 is 14.7 Å². The SMILES string of the molecule is CC(c1ccc(C(=O)NCCC(=O)O)cc1)C(c1cccc(Br)c1)c1c[nH]c2ccccc12. The molecule has 1 aromatic heterocycles. The molecule has 2 unspecified atom stereocenters. The Balaban J connectivity index is 1.65. The van der Waals surface area contributed by atoms with Gasteiger partial charge in [-0.05, 0) is 52.9 Å². The monoisotopic (exact) mass is 504 g/mol. The Morgan fingerprint density at radius 3 is 2.48 bits per heavy atom. The number of hydrogen-bond acceptors (Lipinski definition) is 2. The van der Waals surface area contributed by atoms with Crippen molar-refractivity contribution in [2.75, 3.05) is 6.54 Å². The minimum absolute atomic E-state index is 0.0974. The predicted octanol–water partition coefficient (Wildman–Crippen LogP) is 6.07. The molecule has 3 N–H and O–H groups in total. The van der Waals surface area contributed by atoms with Gasteiger partial charge >= 0.3 is 5.97 Å². The number of carbonyl (C=O) groups is 2. The van der Waals surface area contributed by atoms with Crippen LogP contribution in [0.5, 0.6) is 0 Å². The van der Waals surface area contributed by atoms with E-state index < -0.39 is 5.97 Å². The number of carboxylic acids is 1. The Bertz CT molecular complexity index is 1280. The van der Waals surface area contributed by atoms with Gasteiger partial charge in [0.05, 0.1) is 6.42 Å². The van der Waals surface area contributed by atoms with Crippen molar-refractivity contribution in [3.63, 3.8) is 0 Å². The summed E-state index contributed by atoms with van der Waals surface area (Å²) in [5, 5.41) is 12.6. The van der Waals surface area contributed by atoms with Crippen molar-refractivity contribution in [3.8, 4) is 0 Å². The van der Waals surface area contributed by atoms with E-state index in [9.17, 15) is 9.59 Å². The number of H-pyrrole nitrogens is 1. The van der Waals surface area contributed by atoms with Crippen LogP contribution in [0, 0.1) is 0 Å². The van der Waals surface area contributed by atoms with Gasteiger partial charge in [0.25, 0.3) is 5.91 Å². The second-order valence-electron chi connectivity index (χ2n) is 8.13. The van der Waals surface area contributed by atoms with E-state index in [1.54, 1.807) is 12.1 Å². The van der Waals surface area contributed by atoms with Crippen LogP contribution in [-0.4, -0.2) is 28.5 Å². The van der Waals surface area contributed by atoms with Gasteiger partial charge in [-0.15, -0.1) is 0 Å².